The maximum Gasteiger partial charge on any atom is 0.114 e. The topological polar surface area (TPSA) is 34.1 Å². The molecule has 1 unspecified atom stereocenters. The van der Waals surface area contributed by atoms with Crippen LogP contribution < -0.4 is 5.32 Å². The van der Waals surface area contributed by atoms with Gasteiger partial charge in [-0.3, -0.25) is 0 Å². The molecule has 0 radical (unpaired) electrons. The van der Waals surface area contributed by atoms with Gasteiger partial charge in [0, 0.05) is 24.7 Å². The molecule has 0 aliphatic heterocycles. The Bertz CT molecular complexity index is 479. The van der Waals surface area contributed by atoms with E-state index in [1.54, 1.807) is 18.4 Å². The lowest BCUT2D eigenvalue weighted by atomic mass is 10.0. The van der Waals surface area contributed by atoms with Crippen LogP contribution in [0.1, 0.15) is 36.0 Å². The molecule has 1 aromatic heterocycles. The minimum absolute atomic E-state index is 0.164. The van der Waals surface area contributed by atoms with Gasteiger partial charge in [-0.25, -0.2) is 4.98 Å². The Morgan fingerprint density at radius 2 is 2.00 bits per heavy atom. The lowest BCUT2D eigenvalue weighted by Gasteiger charge is -2.20. The summed E-state index contributed by atoms with van der Waals surface area (Å²) in [6.07, 6.45) is 1.86. The summed E-state index contributed by atoms with van der Waals surface area (Å²) in [6, 6.07) is 9.10. The zero-order chi connectivity index (χ0) is 13.7. The summed E-state index contributed by atoms with van der Waals surface area (Å²) >= 11 is 1.68. The highest BCUT2D eigenvalue weighted by Crippen LogP contribution is 2.24. The van der Waals surface area contributed by atoms with Gasteiger partial charge in [-0.15, -0.1) is 11.3 Å². The lowest BCUT2D eigenvalue weighted by Crippen LogP contribution is -2.28. The van der Waals surface area contributed by atoms with Crippen LogP contribution in [0.2, 0.25) is 0 Å². The molecule has 0 aliphatic rings. The van der Waals surface area contributed by atoms with Gasteiger partial charge in [-0.05, 0) is 25.0 Å². The van der Waals surface area contributed by atoms with Gasteiger partial charge in [0.15, 0.2) is 0 Å². The Morgan fingerprint density at radius 3 is 2.53 bits per heavy atom. The SMILES string of the molecule is COCc1ccc(C(NC(C)C)c2nccs2)cc1. The number of thiazole rings is 1. The molecule has 102 valence electrons. The van der Waals surface area contributed by atoms with E-state index in [1.807, 2.05) is 11.6 Å². The summed E-state index contributed by atoms with van der Waals surface area (Å²) in [5.41, 5.74) is 2.43. The molecular weight excluding hydrogens is 256 g/mol. The number of methoxy groups -OCH3 is 1. The highest BCUT2D eigenvalue weighted by Gasteiger charge is 2.17. The molecule has 0 saturated heterocycles. The largest absolute Gasteiger partial charge is 0.380 e. The van der Waals surface area contributed by atoms with E-state index in [9.17, 15) is 0 Å². The van der Waals surface area contributed by atoms with Crippen LogP contribution in [-0.4, -0.2) is 18.1 Å². The van der Waals surface area contributed by atoms with Gasteiger partial charge in [0.1, 0.15) is 5.01 Å². The fraction of sp³-hybridized carbons (Fsp3) is 0.400. The average molecular weight is 276 g/mol. The smallest absolute Gasteiger partial charge is 0.114 e. The number of hydrogen-bond acceptors (Lipinski definition) is 4. The molecule has 1 aromatic carbocycles. The van der Waals surface area contributed by atoms with Gasteiger partial charge in [-0.2, -0.15) is 0 Å². The minimum atomic E-state index is 0.164. The van der Waals surface area contributed by atoms with Crippen molar-refractivity contribution in [3.8, 4) is 0 Å². The van der Waals surface area contributed by atoms with Gasteiger partial charge in [0.25, 0.3) is 0 Å². The summed E-state index contributed by atoms with van der Waals surface area (Å²) in [6.45, 7) is 4.96. The van der Waals surface area contributed by atoms with E-state index in [1.165, 1.54) is 11.1 Å². The fourth-order valence-corrected chi connectivity index (χ4v) is 2.72. The highest BCUT2D eigenvalue weighted by molar-refractivity contribution is 7.09. The quantitative estimate of drug-likeness (QED) is 0.878. The summed E-state index contributed by atoms with van der Waals surface area (Å²) in [5.74, 6) is 0. The molecule has 1 heterocycles. The molecule has 4 heteroatoms. The van der Waals surface area contributed by atoms with Gasteiger partial charge >= 0.3 is 0 Å². The Labute approximate surface area is 118 Å². The maximum absolute atomic E-state index is 5.14. The first-order valence-electron chi connectivity index (χ1n) is 6.44. The summed E-state index contributed by atoms with van der Waals surface area (Å²) < 4.78 is 5.14. The molecule has 19 heavy (non-hydrogen) atoms. The first-order chi connectivity index (χ1) is 9.20. The van der Waals surface area contributed by atoms with Crippen LogP contribution in [0, 0.1) is 0 Å². The van der Waals surface area contributed by atoms with Crippen LogP contribution in [0.15, 0.2) is 35.8 Å². The number of aromatic nitrogens is 1. The number of rotatable bonds is 6. The number of ether oxygens (including phenoxy) is 1. The second kappa shape index (κ2) is 6.80. The van der Waals surface area contributed by atoms with E-state index in [4.69, 9.17) is 4.74 Å². The molecule has 1 N–H and O–H groups in total. The molecule has 0 amide bonds. The fourth-order valence-electron chi connectivity index (χ4n) is 1.99. The Morgan fingerprint density at radius 1 is 1.26 bits per heavy atom. The molecule has 2 aromatic rings. The average Bonchev–Trinajstić information content (AvgIpc) is 2.91. The summed E-state index contributed by atoms with van der Waals surface area (Å²) in [5, 5.41) is 6.69. The van der Waals surface area contributed by atoms with E-state index < -0.39 is 0 Å². The van der Waals surface area contributed by atoms with Crippen molar-refractivity contribution in [1.82, 2.24) is 10.3 Å². The minimum Gasteiger partial charge on any atom is -0.380 e. The molecule has 3 nitrogen and oxygen atoms in total. The Balaban J connectivity index is 2.22. The van der Waals surface area contributed by atoms with Crippen molar-refractivity contribution in [2.45, 2.75) is 32.5 Å². The standard InChI is InChI=1S/C15H20N2OS/c1-11(2)17-14(15-16-8-9-19-15)13-6-4-12(5-7-13)10-18-3/h4-9,11,14,17H,10H2,1-3H3. The predicted molar refractivity (Wildman–Crippen MR) is 79.4 cm³/mol. The van der Waals surface area contributed by atoms with Crippen molar-refractivity contribution in [2.24, 2.45) is 0 Å². The second-order valence-corrected chi connectivity index (χ2v) is 5.73. The predicted octanol–water partition coefficient (Wildman–Crippen LogP) is 3.38. The first-order valence-corrected chi connectivity index (χ1v) is 7.32. The summed E-state index contributed by atoms with van der Waals surface area (Å²) in [4.78, 5) is 4.44. The maximum atomic E-state index is 5.14. The van der Waals surface area contributed by atoms with E-state index in [0.29, 0.717) is 12.6 Å². The van der Waals surface area contributed by atoms with Crippen LogP contribution >= 0.6 is 11.3 Å². The van der Waals surface area contributed by atoms with Gasteiger partial charge in [0.05, 0.1) is 12.6 Å². The zero-order valence-corrected chi connectivity index (χ0v) is 12.4. The molecule has 0 bridgehead atoms. The van der Waals surface area contributed by atoms with E-state index in [0.717, 1.165) is 5.01 Å². The van der Waals surface area contributed by atoms with Crippen molar-refractivity contribution in [1.29, 1.82) is 0 Å². The number of nitrogens with zero attached hydrogens (tertiary/aromatic N) is 1. The molecule has 0 saturated carbocycles. The third-order valence-electron chi connectivity index (χ3n) is 2.82. The van der Waals surface area contributed by atoms with E-state index >= 15 is 0 Å². The molecular formula is C15H20N2OS. The van der Waals surface area contributed by atoms with Gasteiger partial charge in [-0.1, -0.05) is 24.3 Å². The van der Waals surface area contributed by atoms with Crippen molar-refractivity contribution in [3.05, 3.63) is 52.0 Å². The van der Waals surface area contributed by atoms with Crippen LogP contribution in [-0.2, 0) is 11.3 Å². The first kappa shape index (κ1) is 14.2. The third kappa shape index (κ3) is 3.86. The van der Waals surface area contributed by atoms with Crippen LogP contribution in [0.5, 0.6) is 0 Å². The Kier molecular flexibility index (Phi) is 5.07. The number of benzene rings is 1. The van der Waals surface area contributed by atoms with Crippen LogP contribution in [0.4, 0.5) is 0 Å². The number of hydrogen-bond donors (Lipinski definition) is 1. The second-order valence-electron chi connectivity index (χ2n) is 4.80. The van der Waals surface area contributed by atoms with Gasteiger partial charge in [0.2, 0.25) is 0 Å². The van der Waals surface area contributed by atoms with Crippen molar-refractivity contribution < 1.29 is 4.74 Å². The zero-order valence-electron chi connectivity index (χ0n) is 11.6. The lowest BCUT2D eigenvalue weighted by molar-refractivity contribution is 0.185. The molecule has 0 aliphatic carbocycles. The van der Waals surface area contributed by atoms with Crippen molar-refractivity contribution in [3.63, 3.8) is 0 Å². The van der Waals surface area contributed by atoms with Gasteiger partial charge < -0.3 is 10.1 Å². The van der Waals surface area contributed by atoms with E-state index in [2.05, 4.69) is 48.4 Å². The molecule has 1 atom stereocenters. The van der Waals surface area contributed by atoms with Crippen molar-refractivity contribution in [2.75, 3.05) is 7.11 Å². The van der Waals surface area contributed by atoms with Crippen LogP contribution in [0.3, 0.4) is 0 Å². The van der Waals surface area contributed by atoms with E-state index in [-0.39, 0.29) is 6.04 Å². The molecule has 2 rings (SSSR count). The van der Waals surface area contributed by atoms with Crippen LogP contribution in [0.25, 0.3) is 0 Å². The Hall–Kier alpha value is -1.23. The van der Waals surface area contributed by atoms with Crippen molar-refractivity contribution >= 4 is 11.3 Å². The number of nitrogens with one attached hydrogen (secondary N) is 1. The summed E-state index contributed by atoms with van der Waals surface area (Å²) in [7, 11) is 1.71. The third-order valence-corrected chi connectivity index (χ3v) is 3.66. The molecule has 0 spiro atoms. The highest BCUT2D eigenvalue weighted by atomic mass is 32.1. The monoisotopic (exact) mass is 276 g/mol. The molecule has 0 fully saturated rings. The normalized spacial score (nSPS) is 12.8.